The van der Waals surface area contributed by atoms with Crippen molar-refractivity contribution in [2.75, 3.05) is 18.1 Å². The van der Waals surface area contributed by atoms with Crippen molar-refractivity contribution in [1.29, 1.82) is 0 Å². The summed E-state index contributed by atoms with van der Waals surface area (Å²) in [6.07, 6.45) is -1.71. The SMILES string of the molecule is CCOC(=O)N(C(=O)OCC)c1nc(COc2ccc(Cl)cc2Cl)cs1. The van der Waals surface area contributed by atoms with Gasteiger partial charge >= 0.3 is 12.2 Å². The van der Waals surface area contributed by atoms with Gasteiger partial charge in [-0.2, -0.15) is 4.90 Å². The molecule has 7 nitrogen and oxygen atoms in total. The molecular weight excluding hydrogens is 403 g/mol. The van der Waals surface area contributed by atoms with Gasteiger partial charge in [0.25, 0.3) is 0 Å². The average Bonchev–Trinajstić information content (AvgIpc) is 3.03. The van der Waals surface area contributed by atoms with Gasteiger partial charge in [-0.15, -0.1) is 11.3 Å². The lowest BCUT2D eigenvalue weighted by atomic mass is 10.3. The minimum Gasteiger partial charge on any atom is -0.486 e. The minimum atomic E-state index is -0.853. The molecule has 26 heavy (non-hydrogen) atoms. The van der Waals surface area contributed by atoms with Crippen molar-refractivity contribution in [3.05, 3.63) is 39.3 Å². The van der Waals surface area contributed by atoms with Gasteiger partial charge in [0.1, 0.15) is 12.4 Å². The number of hydrogen-bond acceptors (Lipinski definition) is 7. The van der Waals surface area contributed by atoms with Crippen LogP contribution in [-0.4, -0.2) is 30.4 Å². The molecule has 10 heteroatoms. The van der Waals surface area contributed by atoms with Crippen LogP contribution in [-0.2, 0) is 16.1 Å². The van der Waals surface area contributed by atoms with Crippen LogP contribution in [0.1, 0.15) is 19.5 Å². The standard InChI is InChI=1S/C16H16Cl2N2O5S/c1-3-23-15(21)20(16(22)24-4-2)14-19-11(9-26-14)8-25-13-6-5-10(17)7-12(13)18/h5-7,9H,3-4,8H2,1-2H3. The molecule has 0 atom stereocenters. The van der Waals surface area contributed by atoms with E-state index in [-0.39, 0.29) is 25.0 Å². The summed E-state index contributed by atoms with van der Waals surface area (Å²) in [5, 5.41) is 2.65. The summed E-state index contributed by atoms with van der Waals surface area (Å²) in [4.78, 5) is 29.0. The first-order valence-corrected chi connectivity index (χ1v) is 9.25. The largest absolute Gasteiger partial charge is 0.486 e. The van der Waals surface area contributed by atoms with Gasteiger partial charge in [-0.1, -0.05) is 23.2 Å². The molecular formula is C16H16Cl2N2O5S. The molecule has 0 saturated heterocycles. The highest BCUT2D eigenvalue weighted by molar-refractivity contribution is 7.14. The van der Waals surface area contributed by atoms with Crippen LogP contribution in [0.4, 0.5) is 14.7 Å². The molecule has 1 aromatic heterocycles. The molecule has 0 radical (unpaired) electrons. The molecule has 1 heterocycles. The molecule has 0 aliphatic rings. The highest BCUT2D eigenvalue weighted by atomic mass is 35.5. The lowest BCUT2D eigenvalue weighted by molar-refractivity contribution is 0.140. The molecule has 0 N–H and O–H groups in total. The number of carbonyl (C=O) groups is 2. The third-order valence-corrected chi connectivity index (χ3v) is 4.31. The number of imide groups is 1. The number of aromatic nitrogens is 1. The second-order valence-corrected chi connectivity index (χ2v) is 6.40. The fourth-order valence-electron chi connectivity index (χ4n) is 1.82. The Hall–Kier alpha value is -2.03. The summed E-state index contributed by atoms with van der Waals surface area (Å²) < 4.78 is 15.4. The average molecular weight is 419 g/mol. The third-order valence-electron chi connectivity index (χ3n) is 2.90. The summed E-state index contributed by atoms with van der Waals surface area (Å²) >= 11 is 13.0. The number of benzene rings is 1. The van der Waals surface area contributed by atoms with Crippen molar-refractivity contribution < 1.29 is 23.8 Å². The van der Waals surface area contributed by atoms with Crippen LogP contribution < -0.4 is 9.64 Å². The zero-order valence-electron chi connectivity index (χ0n) is 14.0. The lowest BCUT2D eigenvalue weighted by Gasteiger charge is -2.16. The first-order chi connectivity index (χ1) is 12.5. The van der Waals surface area contributed by atoms with Gasteiger partial charge in [-0.25, -0.2) is 14.6 Å². The van der Waals surface area contributed by atoms with E-state index in [2.05, 4.69) is 4.98 Å². The van der Waals surface area contributed by atoms with Crippen LogP contribution in [0.2, 0.25) is 10.0 Å². The summed E-state index contributed by atoms with van der Waals surface area (Å²) in [6, 6.07) is 4.86. The van der Waals surface area contributed by atoms with Gasteiger partial charge < -0.3 is 14.2 Å². The van der Waals surface area contributed by atoms with Gasteiger partial charge in [0.05, 0.1) is 23.9 Å². The van der Waals surface area contributed by atoms with E-state index in [1.54, 1.807) is 37.4 Å². The van der Waals surface area contributed by atoms with E-state index in [1.807, 2.05) is 0 Å². The first-order valence-electron chi connectivity index (χ1n) is 7.62. The molecule has 2 aromatic rings. The summed E-state index contributed by atoms with van der Waals surface area (Å²) in [5.41, 5.74) is 0.509. The molecule has 0 aliphatic carbocycles. The Kier molecular flexibility index (Phi) is 7.50. The predicted molar refractivity (Wildman–Crippen MR) is 99.4 cm³/mol. The zero-order chi connectivity index (χ0) is 19.1. The molecule has 140 valence electrons. The molecule has 0 unspecified atom stereocenters. The highest BCUT2D eigenvalue weighted by Crippen LogP contribution is 2.29. The smallest absolute Gasteiger partial charge is 0.425 e. The van der Waals surface area contributed by atoms with Gasteiger partial charge in [0.2, 0.25) is 5.13 Å². The third kappa shape index (κ3) is 5.23. The molecule has 0 saturated carbocycles. The maximum atomic E-state index is 12.0. The predicted octanol–water partition coefficient (Wildman–Crippen LogP) is 5.15. The normalized spacial score (nSPS) is 10.3. The van der Waals surface area contributed by atoms with Gasteiger partial charge in [-0.3, -0.25) is 0 Å². The van der Waals surface area contributed by atoms with Crippen LogP contribution in [0.15, 0.2) is 23.6 Å². The highest BCUT2D eigenvalue weighted by Gasteiger charge is 2.29. The van der Waals surface area contributed by atoms with Crippen molar-refractivity contribution in [3.63, 3.8) is 0 Å². The quantitative estimate of drug-likeness (QED) is 0.645. The number of halogens is 2. The van der Waals surface area contributed by atoms with Crippen molar-refractivity contribution in [2.45, 2.75) is 20.5 Å². The summed E-state index contributed by atoms with van der Waals surface area (Å²) in [7, 11) is 0. The van der Waals surface area contributed by atoms with Crippen molar-refractivity contribution >= 4 is 51.9 Å². The molecule has 0 spiro atoms. The number of carbonyl (C=O) groups excluding carboxylic acids is 2. The first kappa shape index (κ1) is 20.3. The van der Waals surface area contributed by atoms with Crippen molar-refractivity contribution in [3.8, 4) is 5.75 Å². The molecule has 0 fully saturated rings. The zero-order valence-corrected chi connectivity index (χ0v) is 16.4. The Bertz CT molecular complexity index is 766. The van der Waals surface area contributed by atoms with Crippen LogP contribution in [0.25, 0.3) is 0 Å². The van der Waals surface area contributed by atoms with E-state index in [0.29, 0.717) is 21.5 Å². The van der Waals surface area contributed by atoms with E-state index in [4.69, 9.17) is 37.4 Å². The maximum Gasteiger partial charge on any atom is 0.425 e. The van der Waals surface area contributed by atoms with Crippen LogP contribution in [0.5, 0.6) is 5.75 Å². The molecule has 1 aromatic carbocycles. The number of amides is 2. The Morgan fingerprint density at radius 2 is 1.81 bits per heavy atom. The molecule has 2 amide bonds. The van der Waals surface area contributed by atoms with E-state index in [9.17, 15) is 9.59 Å². The van der Waals surface area contributed by atoms with E-state index >= 15 is 0 Å². The number of thiazole rings is 1. The Morgan fingerprint density at radius 3 is 2.38 bits per heavy atom. The van der Waals surface area contributed by atoms with Crippen LogP contribution >= 0.6 is 34.5 Å². The number of ether oxygens (including phenoxy) is 3. The number of nitrogens with zero attached hydrogens (tertiary/aromatic N) is 2. The topological polar surface area (TPSA) is 78.0 Å². The van der Waals surface area contributed by atoms with E-state index in [1.165, 1.54) is 0 Å². The second-order valence-electron chi connectivity index (χ2n) is 4.72. The fraction of sp³-hybridized carbons (Fsp3) is 0.312. The van der Waals surface area contributed by atoms with Crippen molar-refractivity contribution in [2.24, 2.45) is 0 Å². The Labute approximate surface area is 164 Å². The van der Waals surface area contributed by atoms with Gasteiger partial charge in [0.15, 0.2) is 0 Å². The van der Waals surface area contributed by atoms with Crippen LogP contribution in [0, 0.1) is 0 Å². The number of anilines is 1. The van der Waals surface area contributed by atoms with Gasteiger partial charge in [0, 0.05) is 10.4 Å². The fourth-order valence-corrected chi connectivity index (χ4v) is 3.07. The monoisotopic (exact) mass is 418 g/mol. The molecule has 0 aliphatic heterocycles. The molecule has 2 rings (SSSR count). The number of hydrogen-bond donors (Lipinski definition) is 0. The number of rotatable bonds is 6. The van der Waals surface area contributed by atoms with E-state index < -0.39 is 12.2 Å². The lowest BCUT2D eigenvalue weighted by Crippen LogP contribution is -2.38. The second kappa shape index (κ2) is 9.61. The maximum absolute atomic E-state index is 12.0. The summed E-state index contributed by atoms with van der Waals surface area (Å²) in [5.74, 6) is 0.443. The Balaban J connectivity index is 2.12. The minimum absolute atomic E-state index is 0.0946. The van der Waals surface area contributed by atoms with Gasteiger partial charge in [-0.05, 0) is 32.0 Å². The Morgan fingerprint density at radius 1 is 1.15 bits per heavy atom. The van der Waals surface area contributed by atoms with E-state index in [0.717, 1.165) is 16.2 Å². The summed E-state index contributed by atoms with van der Waals surface area (Å²) in [6.45, 7) is 3.60. The molecule has 0 bridgehead atoms. The van der Waals surface area contributed by atoms with Crippen molar-refractivity contribution in [1.82, 2.24) is 4.98 Å². The van der Waals surface area contributed by atoms with Crippen LogP contribution in [0.3, 0.4) is 0 Å².